The van der Waals surface area contributed by atoms with Crippen molar-refractivity contribution in [2.24, 2.45) is 11.8 Å². The van der Waals surface area contributed by atoms with Crippen molar-refractivity contribution >= 4 is 0 Å². The average molecular weight is 254 g/mol. The Kier molecular flexibility index (Phi) is 5.97. The van der Waals surface area contributed by atoms with Crippen LogP contribution in [0.25, 0.3) is 0 Å². The first kappa shape index (κ1) is 14.3. The lowest BCUT2D eigenvalue weighted by molar-refractivity contribution is -0.0490. The van der Waals surface area contributed by atoms with E-state index in [4.69, 9.17) is 9.47 Å². The Bertz CT molecular complexity index is 205. The minimum Gasteiger partial charge on any atom is -0.376 e. The van der Waals surface area contributed by atoms with E-state index >= 15 is 0 Å². The van der Waals surface area contributed by atoms with Gasteiger partial charge in [0.1, 0.15) is 0 Å². The number of ether oxygens (including phenoxy) is 2. The molecule has 2 aliphatic carbocycles. The third-order valence-corrected chi connectivity index (χ3v) is 4.57. The fourth-order valence-electron chi connectivity index (χ4n) is 3.49. The van der Waals surface area contributed by atoms with Crippen molar-refractivity contribution in [1.82, 2.24) is 0 Å². The van der Waals surface area contributed by atoms with E-state index in [1.807, 2.05) is 0 Å². The average Bonchev–Trinajstić information content (AvgIpc) is 2.35. The third kappa shape index (κ3) is 4.89. The second-order valence-electron chi connectivity index (χ2n) is 6.53. The maximum atomic E-state index is 5.95. The molecule has 2 saturated carbocycles. The minimum atomic E-state index is 0.502. The fraction of sp³-hybridized carbons (Fsp3) is 1.00. The summed E-state index contributed by atoms with van der Waals surface area (Å²) in [5.74, 6) is 1.70. The van der Waals surface area contributed by atoms with E-state index in [2.05, 4.69) is 13.8 Å². The molecular weight excluding hydrogens is 224 g/mol. The second kappa shape index (κ2) is 7.49. The van der Waals surface area contributed by atoms with E-state index in [-0.39, 0.29) is 0 Å². The van der Waals surface area contributed by atoms with E-state index in [9.17, 15) is 0 Å². The molecule has 18 heavy (non-hydrogen) atoms. The summed E-state index contributed by atoms with van der Waals surface area (Å²) in [5, 5.41) is 0. The maximum Gasteiger partial charge on any atom is 0.0704 e. The van der Waals surface area contributed by atoms with Crippen molar-refractivity contribution < 1.29 is 9.47 Å². The molecule has 4 unspecified atom stereocenters. The van der Waals surface area contributed by atoms with Gasteiger partial charge in [0.2, 0.25) is 0 Å². The Morgan fingerprint density at radius 2 is 1.17 bits per heavy atom. The Morgan fingerprint density at radius 1 is 0.722 bits per heavy atom. The van der Waals surface area contributed by atoms with Crippen LogP contribution in [-0.4, -0.2) is 25.4 Å². The molecule has 0 aromatic heterocycles. The van der Waals surface area contributed by atoms with Gasteiger partial charge in [0.05, 0.1) is 25.4 Å². The summed E-state index contributed by atoms with van der Waals surface area (Å²) in [4.78, 5) is 0. The molecule has 0 aromatic rings. The van der Waals surface area contributed by atoms with Gasteiger partial charge in [-0.05, 0) is 37.5 Å². The Labute approximate surface area is 112 Å². The highest BCUT2D eigenvalue weighted by molar-refractivity contribution is 4.71. The smallest absolute Gasteiger partial charge is 0.0704 e. The van der Waals surface area contributed by atoms with Gasteiger partial charge in [-0.2, -0.15) is 0 Å². The van der Waals surface area contributed by atoms with Crippen molar-refractivity contribution in [2.75, 3.05) is 13.2 Å². The van der Waals surface area contributed by atoms with Crippen LogP contribution in [0, 0.1) is 11.8 Å². The summed E-state index contributed by atoms with van der Waals surface area (Å²) in [6, 6.07) is 0. The SMILES string of the molecule is CC1CCCC(OCCOC2CCCC(C)C2)C1. The molecule has 0 N–H and O–H groups in total. The molecule has 0 aromatic carbocycles. The molecule has 2 rings (SSSR count). The zero-order valence-electron chi connectivity index (χ0n) is 12.2. The molecule has 0 bridgehead atoms. The highest BCUT2D eigenvalue weighted by atomic mass is 16.5. The summed E-state index contributed by atoms with van der Waals surface area (Å²) in [6.45, 7) is 6.27. The number of hydrogen-bond donors (Lipinski definition) is 0. The second-order valence-corrected chi connectivity index (χ2v) is 6.53. The van der Waals surface area contributed by atoms with Crippen LogP contribution in [0.4, 0.5) is 0 Å². The lowest BCUT2D eigenvalue weighted by atomic mass is 9.88. The van der Waals surface area contributed by atoms with Gasteiger partial charge in [-0.1, -0.05) is 39.5 Å². The number of hydrogen-bond acceptors (Lipinski definition) is 2. The molecule has 0 saturated heterocycles. The summed E-state index contributed by atoms with van der Waals surface area (Å²) in [6.07, 6.45) is 11.5. The first-order valence-electron chi connectivity index (χ1n) is 7.97. The summed E-state index contributed by atoms with van der Waals surface area (Å²) in [7, 11) is 0. The molecule has 0 heterocycles. The van der Waals surface area contributed by atoms with Crippen molar-refractivity contribution in [2.45, 2.75) is 77.4 Å². The molecule has 2 nitrogen and oxygen atoms in total. The molecule has 0 radical (unpaired) electrons. The lowest BCUT2D eigenvalue weighted by Gasteiger charge is -2.28. The van der Waals surface area contributed by atoms with Crippen LogP contribution in [0.1, 0.15) is 65.2 Å². The standard InChI is InChI=1S/C16H30O2/c1-13-5-3-7-15(11-13)17-9-10-18-16-8-4-6-14(2)12-16/h13-16H,3-12H2,1-2H3. The predicted octanol–water partition coefficient (Wildman–Crippen LogP) is 4.18. The van der Waals surface area contributed by atoms with Crippen LogP contribution >= 0.6 is 0 Å². The van der Waals surface area contributed by atoms with Gasteiger partial charge in [0, 0.05) is 0 Å². The number of rotatable bonds is 5. The van der Waals surface area contributed by atoms with Gasteiger partial charge in [-0.15, -0.1) is 0 Å². The first-order chi connectivity index (χ1) is 8.74. The molecule has 2 aliphatic rings. The van der Waals surface area contributed by atoms with Crippen molar-refractivity contribution in [3.63, 3.8) is 0 Å². The highest BCUT2D eigenvalue weighted by Gasteiger charge is 2.21. The Morgan fingerprint density at radius 3 is 1.56 bits per heavy atom. The molecule has 0 aliphatic heterocycles. The third-order valence-electron chi connectivity index (χ3n) is 4.57. The zero-order valence-corrected chi connectivity index (χ0v) is 12.2. The fourth-order valence-corrected chi connectivity index (χ4v) is 3.49. The molecule has 106 valence electrons. The molecule has 2 heteroatoms. The van der Waals surface area contributed by atoms with Gasteiger partial charge >= 0.3 is 0 Å². The molecule has 2 fully saturated rings. The van der Waals surface area contributed by atoms with E-state index in [0.717, 1.165) is 25.0 Å². The van der Waals surface area contributed by atoms with E-state index in [1.165, 1.54) is 51.4 Å². The molecule has 0 spiro atoms. The van der Waals surface area contributed by atoms with Crippen molar-refractivity contribution in [1.29, 1.82) is 0 Å². The summed E-state index contributed by atoms with van der Waals surface area (Å²) < 4.78 is 11.9. The van der Waals surface area contributed by atoms with Crippen LogP contribution in [0.5, 0.6) is 0 Å². The van der Waals surface area contributed by atoms with Crippen molar-refractivity contribution in [3.8, 4) is 0 Å². The Hall–Kier alpha value is -0.0800. The zero-order chi connectivity index (χ0) is 12.8. The summed E-state index contributed by atoms with van der Waals surface area (Å²) >= 11 is 0. The van der Waals surface area contributed by atoms with E-state index in [1.54, 1.807) is 0 Å². The van der Waals surface area contributed by atoms with Crippen LogP contribution in [0.2, 0.25) is 0 Å². The van der Waals surface area contributed by atoms with Gasteiger partial charge in [0.25, 0.3) is 0 Å². The van der Waals surface area contributed by atoms with Crippen LogP contribution in [0.3, 0.4) is 0 Å². The molecule has 0 amide bonds. The normalized spacial score (nSPS) is 37.7. The largest absolute Gasteiger partial charge is 0.376 e. The van der Waals surface area contributed by atoms with Crippen molar-refractivity contribution in [3.05, 3.63) is 0 Å². The lowest BCUT2D eigenvalue weighted by Crippen LogP contribution is -2.26. The van der Waals surface area contributed by atoms with Crippen LogP contribution < -0.4 is 0 Å². The maximum absolute atomic E-state index is 5.95. The highest BCUT2D eigenvalue weighted by Crippen LogP contribution is 2.27. The minimum absolute atomic E-state index is 0.502. The Balaban J connectivity index is 1.52. The van der Waals surface area contributed by atoms with Crippen LogP contribution in [-0.2, 0) is 9.47 Å². The van der Waals surface area contributed by atoms with Crippen LogP contribution in [0.15, 0.2) is 0 Å². The molecular formula is C16H30O2. The van der Waals surface area contributed by atoms with Gasteiger partial charge in [-0.25, -0.2) is 0 Å². The predicted molar refractivity (Wildman–Crippen MR) is 74.7 cm³/mol. The summed E-state index contributed by atoms with van der Waals surface area (Å²) in [5.41, 5.74) is 0. The van der Waals surface area contributed by atoms with E-state index < -0.39 is 0 Å². The quantitative estimate of drug-likeness (QED) is 0.685. The van der Waals surface area contributed by atoms with Gasteiger partial charge in [0.15, 0.2) is 0 Å². The monoisotopic (exact) mass is 254 g/mol. The first-order valence-corrected chi connectivity index (χ1v) is 7.97. The van der Waals surface area contributed by atoms with E-state index in [0.29, 0.717) is 12.2 Å². The topological polar surface area (TPSA) is 18.5 Å². The molecule has 4 atom stereocenters. The van der Waals surface area contributed by atoms with Gasteiger partial charge in [-0.3, -0.25) is 0 Å². The van der Waals surface area contributed by atoms with Gasteiger partial charge < -0.3 is 9.47 Å².